The molecule has 8 heteroatoms. The van der Waals surface area contributed by atoms with Crippen LogP contribution in [0.3, 0.4) is 0 Å². The third-order valence-corrected chi connectivity index (χ3v) is 4.02. The highest BCUT2D eigenvalue weighted by Crippen LogP contribution is 2.31. The highest BCUT2D eigenvalue weighted by atomic mass is 16.6. The van der Waals surface area contributed by atoms with E-state index in [1.54, 1.807) is 0 Å². The van der Waals surface area contributed by atoms with Gasteiger partial charge in [-0.05, 0) is 25.0 Å². The Hall–Kier alpha value is -2.82. The second-order valence-corrected chi connectivity index (χ2v) is 5.68. The number of rotatable bonds is 6. The maximum Gasteiger partial charge on any atom is 0.314 e. The maximum absolute atomic E-state index is 12.1. The Bertz CT molecular complexity index is 662. The molecule has 1 aliphatic rings. The second kappa shape index (κ2) is 7.64. The molecule has 1 aromatic carbocycles. The maximum atomic E-state index is 12.1. The number of amides is 1. The van der Waals surface area contributed by atoms with Gasteiger partial charge in [-0.3, -0.25) is 14.9 Å². The molecule has 1 saturated carbocycles. The van der Waals surface area contributed by atoms with Gasteiger partial charge in [0, 0.05) is 0 Å². The minimum Gasteiger partial charge on any atom is -0.496 e. The Kier molecular flexibility index (Phi) is 5.58. The van der Waals surface area contributed by atoms with Crippen LogP contribution in [-0.4, -0.2) is 30.1 Å². The zero-order valence-electron chi connectivity index (χ0n) is 13.4. The lowest BCUT2D eigenvalue weighted by atomic mass is 9.83. The van der Waals surface area contributed by atoms with E-state index in [0.717, 1.165) is 19.3 Å². The first-order valence-electron chi connectivity index (χ1n) is 7.67. The summed E-state index contributed by atoms with van der Waals surface area (Å²) in [6.07, 6.45) is 4.04. The summed E-state index contributed by atoms with van der Waals surface area (Å²) in [5.41, 5.74) is -1.14. The van der Waals surface area contributed by atoms with Crippen molar-refractivity contribution in [1.82, 2.24) is 5.32 Å². The molecule has 0 heterocycles. The predicted octanol–water partition coefficient (Wildman–Crippen LogP) is 2.32. The summed E-state index contributed by atoms with van der Waals surface area (Å²) >= 11 is 0. The van der Waals surface area contributed by atoms with Crippen LogP contribution >= 0.6 is 0 Å². The molecule has 0 aromatic heterocycles. The Morgan fingerprint density at radius 2 is 2.12 bits per heavy atom. The van der Waals surface area contributed by atoms with Gasteiger partial charge in [-0.15, -0.1) is 0 Å². The van der Waals surface area contributed by atoms with E-state index in [1.807, 2.05) is 0 Å². The van der Waals surface area contributed by atoms with Gasteiger partial charge in [0.05, 0.1) is 24.2 Å². The van der Waals surface area contributed by atoms with Crippen molar-refractivity contribution in [2.75, 3.05) is 13.7 Å². The fraction of sp³-hybridized carbons (Fsp3) is 0.500. The largest absolute Gasteiger partial charge is 0.496 e. The smallest absolute Gasteiger partial charge is 0.314 e. The number of carbonyl (C=O) groups is 1. The summed E-state index contributed by atoms with van der Waals surface area (Å²) in [6, 6.07) is 6.30. The molecule has 1 fully saturated rings. The van der Waals surface area contributed by atoms with Crippen LogP contribution in [0.15, 0.2) is 18.2 Å². The van der Waals surface area contributed by atoms with Gasteiger partial charge in [-0.2, -0.15) is 5.26 Å². The standard InChI is InChI=1S/C16H19N3O5/c1-23-12-5-6-14(13(9-12)19(21)22)24-10-15(20)18-16(11-17)7-3-2-4-8-16/h5-6,9H,2-4,7-8,10H2,1H3,(H,18,20). The molecule has 0 saturated heterocycles. The van der Waals surface area contributed by atoms with Gasteiger partial charge in [0.1, 0.15) is 11.3 Å². The summed E-state index contributed by atoms with van der Waals surface area (Å²) in [6.45, 7) is -0.392. The number of carbonyl (C=O) groups excluding carboxylic acids is 1. The van der Waals surface area contributed by atoms with E-state index in [1.165, 1.54) is 25.3 Å². The molecular weight excluding hydrogens is 314 g/mol. The average Bonchev–Trinajstić information content (AvgIpc) is 2.60. The van der Waals surface area contributed by atoms with Crippen LogP contribution in [0.25, 0.3) is 0 Å². The van der Waals surface area contributed by atoms with Gasteiger partial charge >= 0.3 is 5.69 Å². The van der Waals surface area contributed by atoms with E-state index < -0.39 is 23.0 Å². The molecule has 0 bridgehead atoms. The molecular formula is C16H19N3O5. The molecule has 0 aliphatic heterocycles. The molecule has 0 radical (unpaired) electrons. The molecule has 1 aromatic rings. The Morgan fingerprint density at radius 3 is 2.71 bits per heavy atom. The monoisotopic (exact) mass is 333 g/mol. The first-order chi connectivity index (χ1) is 11.5. The van der Waals surface area contributed by atoms with Crippen LogP contribution in [0.4, 0.5) is 5.69 Å². The van der Waals surface area contributed by atoms with Gasteiger partial charge in [0.2, 0.25) is 0 Å². The molecule has 128 valence electrons. The highest BCUT2D eigenvalue weighted by Gasteiger charge is 2.33. The summed E-state index contributed by atoms with van der Waals surface area (Å²) in [5.74, 6) is -0.168. The van der Waals surface area contributed by atoms with Crippen LogP contribution in [0.2, 0.25) is 0 Å². The number of nitrogens with zero attached hydrogens (tertiary/aromatic N) is 2. The SMILES string of the molecule is COc1ccc(OCC(=O)NC2(C#N)CCCCC2)c([N+](=O)[O-])c1. The van der Waals surface area contributed by atoms with E-state index in [2.05, 4.69) is 11.4 Å². The number of nitrogens with one attached hydrogen (secondary N) is 1. The first kappa shape index (κ1) is 17.5. The van der Waals surface area contributed by atoms with Gasteiger partial charge in [0.25, 0.3) is 5.91 Å². The lowest BCUT2D eigenvalue weighted by Gasteiger charge is -2.31. The first-order valence-corrected chi connectivity index (χ1v) is 7.67. The molecule has 1 N–H and O–H groups in total. The van der Waals surface area contributed by atoms with Gasteiger partial charge in [0.15, 0.2) is 12.4 Å². The topological polar surface area (TPSA) is 114 Å². The summed E-state index contributed by atoms with van der Waals surface area (Å²) in [7, 11) is 1.40. The number of nitro benzene ring substituents is 1. The molecule has 0 atom stereocenters. The molecule has 2 rings (SSSR count). The Balaban J connectivity index is 2.01. The normalized spacial score (nSPS) is 15.8. The lowest BCUT2D eigenvalue weighted by Crippen LogP contribution is -2.50. The third-order valence-electron chi connectivity index (χ3n) is 4.02. The number of ether oxygens (including phenoxy) is 2. The highest BCUT2D eigenvalue weighted by molar-refractivity contribution is 5.79. The van der Waals surface area contributed by atoms with E-state index in [9.17, 15) is 20.2 Å². The van der Waals surface area contributed by atoms with E-state index in [4.69, 9.17) is 9.47 Å². The van der Waals surface area contributed by atoms with Crippen molar-refractivity contribution in [3.8, 4) is 17.6 Å². The zero-order chi connectivity index (χ0) is 17.6. The molecule has 24 heavy (non-hydrogen) atoms. The van der Waals surface area contributed by atoms with E-state index in [0.29, 0.717) is 18.6 Å². The molecule has 1 aliphatic carbocycles. The fourth-order valence-electron chi connectivity index (χ4n) is 2.76. The summed E-state index contributed by atoms with van der Waals surface area (Å²) in [4.78, 5) is 22.5. The number of nitriles is 1. The Labute approximate surface area is 139 Å². The molecule has 0 unspecified atom stereocenters. The minimum absolute atomic E-state index is 0.0226. The van der Waals surface area contributed by atoms with Gasteiger partial charge in [-0.1, -0.05) is 19.3 Å². The number of methoxy groups -OCH3 is 1. The van der Waals surface area contributed by atoms with Crippen molar-refractivity contribution in [2.24, 2.45) is 0 Å². The minimum atomic E-state index is -0.857. The van der Waals surface area contributed by atoms with Crippen LogP contribution < -0.4 is 14.8 Å². The predicted molar refractivity (Wildman–Crippen MR) is 84.7 cm³/mol. The molecule has 8 nitrogen and oxygen atoms in total. The number of hydrogen-bond donors (Lipinski definition) is 1. The van der Waals surface area contributed by atoms with Crippen LogP contribution in [-0.2, 0) is 4.79 Å². The van der Waals surface area contributed by atoms with Crippen LogP contribution in [0.5, 0.6) is 11.5 Å². The fourth-order valence-corrected chi connectivity index (χ4v) is 2.76. The van der Waals surface area contributed by atoms with Crippen molar-refractivity contribution in [3.63, 3.8) is 0 Å². The van der Waals surface area contributed by atoms with Crippen molar-refractivity contribution < 1.29 is 19.2 Å². The van der Waals surface area contributed by atoms with Crippen molar-refractivity contribution in [2.45, 2.75) is 37.6 Å². The van der Waals surface area contributed by atoms with E-state index in [-0.39, 0.29) is 11.4 Å². The zero-order valence-corrected chi connectivity index (χ0v) is 13.4. The van der Waals surface area contributed by atoms with Crippen molar-refractivity contribution in [1.29, 1.82) is 5.26 Å². The lowest BCUT2D eigenvalue weighted by molar-refractivity contribution is -0.385. The quantitative estimate of drug-likeness (QED) is 0.631. The summed E-state index contributed by atoms with van der Waals surface area (Å²) in [5, 5.41) is 23.1. The van der Waals surface area contributed by atoms with Crippen molar-refractivity contribution in [3.05, 3.63) is 28.3 Å². The Morgan fingerprint density at radius 1 is 1.42 bits per heavy atom. The summed E-state index contributed by atoms with van der Waals surface area (Å²) < 4.78 is 10.2. The van der Waals surface area contributed by atoms with Gasteiger partial charge < -0.3 is 14.8 Å². The number of hydrogen-bond acceptors (Lipinski definition) is 6. The molecule has 0 spiro atoms. The number of benzene rings is 1. The van der Waals surface area contributed by atoms with Crippen LogP contribution in [0, 0.1) is 21.4 Å². The average molecular weight is 333 g/mol. The van der Waals surface area contributed by atoms with Crippen LogP contribution in [0.1, 0.15) is 32.1 Å². The second-order valence-electron chi connectivity index (χ2n) is 5.68. The third kappa shape index (κ3) is 4.13. The van der Waals surface area contributed by atoms with Gasteiger partial charge in [-0.25, -0.2) is 0 Å². The van der Waals surface area contributed by atoms with E-state index >= 15 is 0 Å². The number of nitro groups is 1. The van der Waals surface area contributed by atoms with Crippen molar-refractivity contribution >= 4 is 11.6 Å². The molecule has 1 amide bonds.